The quantitative estimate of drug-likeness (QED) is 0.798. The number of methoxy groups -OCH3 is 1. The van der Waals surface area contributed by atoms with Crippen molar-refractivity contribution in [2.45, 2.75) is 38.5 Å². The molecule has 0 radical (unpaired) electrons. The molecule has 1 N–H and O–H groups in total. The number of carbonyl (C=O) groups is 1. The fourth-order valence-electron chi connectivity index (χ4n) is 4.50. The van der Waals surface area contributed by atoms with E-state index in [1.807, 2.05) is 19.1 Å². The van der Waals surface area contributed by atoms with Crippen molar-refractivity contribution in [1.29, 1.82) is 0 Å². The summed E-state index contributed by atoms with van der Waals surface area (Å²) in [6, 6.07) is 10.9. The van der Waals surface area contributed by atoms with Crippen molar-refractivity contribution < 1.29 is 23.8 Å². The molecule has 6 heteroatoms. The molecule has 0 spiro atoms. The Kier molecular flexibility index (Phi) is 5.42. The zero-order chi connectivity index (χ0) is 19.7. The number of esters is 1. The van der Waals surface area contributed by atoms with Gasteiger partial charge in [-0.1, -0.05) is 0 Å². The van der Waals surface area contributed by atoms with E-state index in [-0.39, 0.29) is 12.1 Å². The van der Waals surface area contributed by atoms with E-state index in [0.717, 1.165) is 44.0 Å². The number of fused-ring (bicyclic) bond motifs is 1. The first-order valence-electron chi connectivity index (χ1n) is 9.82. The van der Waals surface area contributed by atoms with E-state index in [1.54, 1.807) is 24.3 Å². The topological polar surface area (TPSA) is 72.1 Å². The van der Waals surface area contributed by atoms with Crippen LogP contribution in [0, 0.1) is 18.8 Å². The second-order valence-corrected chi connectivity index (χ2v) is 7.94. The fraction of sp³-hybridized carbons (Fsp3) is 0.500. The zero-order valence-corrected chi connectivity index (χ0v) is 16.3. The van der Waals surface area contributed by atoms with Gasteiger partial charge in [-0.2, -0.15) is 0 Å². The third-order valence-corrected chi connectivity index (χ3v) is 5.90. The van der Waals surface area contributed by atoms with Crippen molar-refractivity contribution in [3.63, 3.8) is 0 Å². The number of furan rings is 1. The first-order chi connectivity index (χ1) is 13.5. The standard InChI is InChI=1S/C22H27NO5/c1-14-3-6-19(27-14)13-23-11-16-9-20(24)21(10-17(16)12-23)28-18-7-4-15(5-8-18)22(25)26-2/h3-8,16-17,20-21,24H,9-13H2,1-2H3/t16-,17+,20+,21+/m0/s1. The first-order valence-corrected chi connectivity index (χ1v) is 9.82. The van der Waals surface area contributed by atoms with Gasteiger partial charge in [0.25, 0.3) is 0 Å². The molecule has 1 aromatic heterocycles. The number of benzene rings is 1. The number of rotatable bonds is 5. The van der Waals surface area contributed by atoms with E-state index in [0.29, 0.717) is 23.1 Å². The van der Waals surface area contributed by atoms with E-state index in [2.05, 4.69) is 4.90 Å². The summed E-state index contributed by atoms with van der Waals surface area (Å²) in [4.78, 5) is 14.0. The summed E-state index contributed by atoms with van der Waals surface area (Å²) in [5, 5.41) is 10.6. The van der Waals surface area contributed by atoms with Crippen molar-refractivity contribution in [3.05, 3.63) is 53.5 Å². The number of aryl methyl sites for hydroxylation is 1. The average Bonchev–Trinajstić information content (AvgIpc) is 3.27. The molecule has 28 heavy (non-hydrogen) atoms. The Morgan fingerprint density at radius 1 is 1.14 bits per heavy atom. The van der Waals surface area contributed by atoms with Gasteiger partial charge in [0.1, 0.15) is 23.4 Å². The van der Waals surface area contributed by atoms with Crippen LogP contribution >= 0.6 is 0 Å². The Morgan fingerprint density at radius 3 is 2.50 bits per heavy atom. The van der Waals surface area contributed by atoms with Crippen molar-refractivity contribution in [3.8, 4) is 5.75 Å². The number of likely N-dealkylation sites (tertiary alicyclic amines) is 1. The highest BCUT2D eigenvalue weighted by atomic mass is 16.5. The van der Waals surface area contributed by atoms with Gasteiger partial charge in [0.05, 0.1) is 25.3 Å². The maximum atomic E-state index is 11.5. The van der Waals surface area contributed by atoms with Gasteiger partial charge in [0.2, 0.25) is 0 Å². The molecule has 2 aromatic rings. The highest BCUT2D eigenvalue weighted by Gasteiger charge is 2.42. The van der Waals surface area contributed by atoms with Gasteiger partial charge in [0.15, 0.2) is 0 Å². The maximum absolute atomic E-state index is 11.5. The molecule has 1 aliphatic heterocycles. The van der Waals surface area contributed by atoms with Crippen LogP contribution in [0.2, 0.25) is 0 Å². The van der Waals surface area contributed by atoms with Crippen LogP contribution in [-0.4, -0.2) is 48.4 Å². The summed E-state index contributed by atoms with van der Waals surface area (Å²) in [6.45, 7) is 4.76. The van der Waals surface area contributed by atoms with Gasteiger partial charge in [0, 0.05) is 13.1 Å². The minimum absolute atomic E-state index is 0.226. The van der Waals surface area contributed by atoms with Crippen LogP contribution in [0.1, 0.15) is 34.7 Å². The first kappa shape index (κ1) is 19.0. The normalized spacial score (nSPS) is 27.4. The zero-order valence-electron chi connectivity index (χ0n) is 16.3. The second-order valence-electron chi connectivity index (χ2n) is 7.94. The average molecular weight is 385 g/mol. The third kappa shape index (κ3) is 4.08. The fourth-order valence-corrected chi connectivity index (χ4v) is 4.50. The van der Waals surface area contributed by atoms with Crippen molar-refractivity contribution in [1.82, 2.24) is 4.90 Å². The van der Waals surface area contributed by atoms with Crippen molar-refractivity contribution in [2.75, 3.05) is 20.2 Å². The predicted molar refractivity (Wildman–Crippen MR) is 103 cm³/mol. The summed E-state index contributed by atoms with van der Waals surface area (Å²) in [5.41, 5.74) is 0.485. The molecule has 1 saturated heterocycles. The smallest absolute Gasteiger partial charge is 0.337 e. The van der Waals surface area contributed by atoms with Gasteiger partial charge in [-0.25, -0.2) is 4.79 Å². The lowest BCUT2D eigenvalue weighted by atomic mass is 9.78. The van der Waals surface area contributed by atoms with E-state index in [4.69, 9.17) is 13.9 Å². The van der Waals surface area contributed by atoms with Crippen LogP contribution in [0.3, 0.4) is 0 Å². The molecule has 0 bridgehead atoms. The monoisotopic (exact) mass is 385 g/mol. The van der Waals surface area contributed by atoms with Crippen LogP contribution in [0.5, 0.6) is 5.75 Å². The Bertz CT molecular complexity index is 815. The lowest BCUT2D eigenvalue weighted by Gasteiger charge is -2.35. The van der Waals surface area contributed by atoms with Crippen LogP contribution in [0.15, 0.2) is 40.8 Å². The number of carbonyl (C=O) groups excluding carboxylic acids is 1. The predicted octanol–water partition coefficient (Wildman–Crippen LogP) is 3.02. The largest absolute Gasteiger partial charge is 0.488 e. The van der Waals surface area contributed by atoms with Gasteiger partial charge >= 0.3 is 5.97 Å². The van der Waals surface area contributed by atoms with Gasteiger partial charge < -0.3 is 19.0 Å². The highest BCUT2D eigenvalue weighted by molar-refractivity contribution is 5.89. The molecular weight excluding hydrogens is 358 g/mol. The Balaban J connectivity index is 1.35. The van der Waals surface area contributed by atoms with E-state index in [1.165, 1.54) is 7.11 Å². The number of aliphatic hydroxyl groups excluding tert-OH is 1. The summed E-state index contributed by atoms with van der Waals surface area (Å²) < 4.78 is 16.5. The molecular formula is C22H27NO5. The van der Waals surface area contributed by atoms with Crippen LogP contribution < -0.4 is 4.74 Å². The molecule has 0 amide bonds. The second kappa shape index (κ2) is 7.97. The van der Waals surface area contributed by atoms with E-state index < -0.39 is 6.10 Å². The number of hydrogen-bond donors (Lipinski definition) is 1. The Labute approximate surface area is 165 Å². The summed E-state index contributed by atoms with van der Waals surface area (Å²) in [7, 11) is 1.36. The van der Waals surface area contributed by atoms with Gasteiger partial charge in [-0.3, -0.25) is 4.90 Å². The summed E-state index contributed by atoms with van der Waals surface area (Å²) >= 11 is 0. The van der Waals surface area contributed by atoms with Crippen LogP contribution in [0.25, 0.3) is 0 Å². The molecule has 1 aromatic carbocycles. The minimum atomic E-state index is -0.479. The maximum Gasteiger partial charge on any atom is 0.337 e. The van der Waals surface area contributed by atoms with Gasteiger partial charge in [-0.15, -0.1) is 0 Å². The molecule has 6 nitrogen and oxygen atoms in total. The molecule has 1 saturated carbocycles. The lowest BCUT2D eigenvalue weighted by Crippen LogP contribution is -2.42. The van der Waals surface area contributed by atoms with Crippen molar-refractivity contribution >= 4 is 5.97 Å². The minimum Gasteiger partial charge on any atom is -0.488 e. The Hall–Kier alpha value is -2.31. The molecule has 0 unspecified atom stereocenters. The lowest BCUT2D eigenvalue weighted by molar-refractivity contribution is -0.0231. The molecule has 2 aliphatic rings. The number of ether oxygens (including phenoxy) is 2. The number of aliphatic hydroxyl groups is 1. The van der Waals surface area contributed by atoms with E-state index in [9.17, 15) is 9.90 Å². The summed E-state index contributed by atoms with van der Waals surface area (Å²) in [5.74, 6) is 3.23. The van der Waals surface area contributed by atoms with E-state index >= 15 is 0 Å². The highest BCUT2D eigenvalue weighted by Crippen LogP contribution is 2.38. The molecule has 2 heterocycles. The molecule has 2 fully saturated rings. The van der Waals surface area contributed by atoms with Crippen LogP contribution in [0.4, 0.5) is 0 Å². The third-order valence-electron chi connectivity index (χ3n) is 5.90. The Morgan fingerprint density at radius 2 is 1.86 bits per heavy atom. The molecule has 1 aliphatic carbocycles. The number of hydrogen-bond acceptors (Lipinski definition) is 6. The SMILES string of the molecule is COC(=O)c1ccc(O[C@@H]2C[C@@H]3CN(Cc4ccc(C)o4)C[C@@H]3C[C@H]2O)cc1. The molecule has 4 rings (SSSR count). The van der Waals surface area contributed by atoms with Gasteiger partial charge in [-0.05, 0) is 68.0 Å². The number of nitrogens with zero attached hydrogens (tertiary/aromatic N) is 1. The summed E-state index contributed by atoms with van der Waals surface area (Å²) in [6.07, 6.45) is 0.880. The van der Waals surface area contributed by atoms with Crippen LogP contribution in [-0.2, 0) is 11.3 Å². The molecule has 150 valence electrons. The molecule has 4 atom stereocenters. The van der Waals surface area contributed by atoms with Crippen molar-refractivity contribution in [2.24, 2.45) is 11.8 Å².